The van der Waals surface area contributed by atoms with E-state index in [9.17, 15) is 9.59 Å². The molecule has 1 rings (SSSR count). The summed E-state index contributed by atoms with van der Waals surface area (Å²) in [5.74, 6) is 1.08. The number of allylic oxidation sites excluding steroid dienone is 10. The summed E-state index contributed by atoms with van der Waals surface area (Å²) in [5.41, 5.74) is 1.27. The molecule has 0 saturated heterocycles. The largest absolute Gasteiger partial charge is 0.355 e. The Morgan fingerprint density at radius 2 is 1.29 bits per heavy atom. The van der Waals surface area contributed by atoms with E-state index < -0.39 is 0 Å². The summed E-state index contributed by atoms with van der Waals surface area (Å²) in [6, 6.07) is 10.3. The van der Waals surface area contributed by atoms with Gasteiger partial charge in [0, 0.05) is 36.4 Å². The number of carbonyl (C=O) groups excluding carboxylic acids is 2. The summed E-state index contributed by atoms with van der Waals surface area (Å²) < 4.78 is -0.0645. The van der Waals surface area contributed by atoms with E-state index in [0.717, 1.165) is 63.5 Å². The minimum atomic E-state index is -0.0645. The molecular weight excluding hydrogens is 557 g/mol. The lowest BCUT2D eigenvalue weighted by molar-refractivity contribution is -0.122. The molecule has 0 aliphatic rings. The topological polar surface area (TPSA) is 58.2 Å². The summed E-state index contributed by atoms with van der Waals surface area (Å²) in [5, 5.41) is 6.09. The smallest absolute Gasteiger partial charge is 0.220 e. The second-order valence-corrected chi connectivity index (χ2v) is 13.9. The maximum absolute atomic E-state index is 12.2. The van der Waals surface area contributed by atoms with Crippen molar-refractivity contribution in [3.05, 3.63) is 96.7 Å². The molecule has 232 valence electrons. The molecule has 0 aliphatic heterocycles. The van der Waals surface area contributed by atoms with Gasteiger partial charge in [-0.15, -0.1) is 0 Å². The van der Waals surface area contributed by atoms with E-state index >= 15 is 0 Å². The van der Waals surface area contributed by atoms with Crippen molar-refractivity contribution in [2.45, 2.75) is 96.1 Å². The average molecular weight is 611 g/mol. The van der Waals surface area contributed by atoms with Gasteiger partial charge in [0.15, 0.2) is 0 Å². The second-order valence-electron chi connectivity index (χ2n) is 10.7. The molecule has 1 aromatic rings. The van der Waals surface area contributed by atoms with Crippen molar-refractivity contribution in [3.63, 3.8) is 0 Å². The van der Waals surface area contributed by atoms with Gasteiger partial charge in [0.2, 0.25) is 11.8 Å². The van der Waals surface area contributed by atoms with Gasteiger partial charge in [0.05, 0.1) is 0 Å². The Kier molecular flexibility index (Phi) is 23.5. The molecule has 4 nitrogen and oxygen atoms in total. The SMILES string of the molecule is CC/C=C\C/C=C\C/C=C\C/C=C\C/C=C\CCCC(=O)NCCSSC(C)(C)CNC(=O)CCCc1ccccc1. The van der Waals surface area contributed by atoms with Gasteiger partial charge in [0.25, 0.3) is 0 Å². The molecule has 0 atom stereocenters. The quantitative estimate of drug-likeness (QED) is 0.0696. The number of benzene rings is 1. The fourth-order valence-corrected chi connectivity index (χ4v) is 6.15. The Hall–Kier alpha value is -2.44. The van der Waals surface area contributed by atoms with Gasteiger partial charge < -0.3 is 10.6 Å². The van der Waals surface area contributed by atoms with Crippen LogP contribution in [0.5, 0.6) is 0 Å². The first-order chi connectivity index (χ1) is 20.4. The first kappa shape index (κ1) is 37.6. The minimum Gasteiger partial charge on any atom is -0.355 e. The van der Waals surface area contributed by atoms with Crippen LogP contribution in [-0.4, -0.2) is 35.4 Å². The minimum absolute atomic E-state index is 0.0645. The highest BCUT2D eigenvalue weighted by Crippen LogP contribution is 2.34. The van der Waals surface area contributed by atoms with Crippen LogP contribution in [0.1, 0.15) is 90.5 Å². The lowest BCUT2D eigenvalue weighted by Crippen LogP contribution is -2.35. The van der Waals surface area contributed by atoms with E-state index in [1.807, 2.05) is 18.2 Å². The number of unbranched alkanes of at least 4 members (excludes halogenated alkanes) is 1. The highest BCUT2D eigenvalue weighted by atomic mass is 33.1. The summed E-state index contributed by atoms with van der Waals surface area (Å²) in [4.78, 5) is 24.3. The van der Waals surface area contributed by atoms with Gasteiger partial charge in [-0.25, -0.2) is 0 Å². The predicted molar refractivity (Wildman–Crippen MR) is 188 cm³/mol. The molecule has 0 radical (unpaired) electrons. The number of nitrogens with one attached hydrogen (secondary N) is 2. The van der Waals surface area contributed by atoms with E-state index in [4.69, 9.17) is 0 Å². The zero-order chi connectivity index (χ0) is 30.6. The van der Waals surface area contributed by atoms with Crippen molar-refractivity contribution < 1.29 is 9.59 Å². The van der Waals surface area contributed by atoms with Crippen LogP contribution in [0, 0.1) is 0 Å². The molecule has 0 aliphatic carbocycles. The van der Waals surface area contributed by atoms with E-state index in [1.165, 1.54) is 5.56 Å². The molecule has 0 saturated carbocycles. The molecule has 0 bridgehead atoms. The zero-order valence-electron chi connectivity index (χ0n) is 26.2. The Morgan fingerprint density at radius 3 is 1.90 bits per heavy atom. The number of rotatable bonds is 24. The first-order valence-corrected chi connectivity index (χ1v) is 17.9. The Bertz CT molecular complexity index is 981. The van der Waals surface area contributed by atoms with E-state index in [1.54, 1.807) is 21.6 Å². The van der Waals surface area contributed by atoms with E-state index in [0.29, 0.717) is 25.9 Å². The van der Waals surface area contributed by atoms with Gasteiger partial charge in [-0.3, -0.25) is 9.59 Å². The fourth-order valence-electron chi connectivity index (χ4n) is 3.80. The highest BCUT2D eigenvalue weighted by molar-refractivity contribution is 8.77. The van der Waals surface area contributed by atoms with Crippen LogP contribution < -0.4 is 10.6 Å². The van der Waals surface area contributed by atoms with Crippen LogP contribution in [0.15, 0.2) is 91.1 Å². The number of hydrogen-bond donors (Lipinski definition) is 2. The molecule has 6 heteroatoms. The lowest BCUT2D eigenvalue weighted by Gasteiger charge is -2.23. The molecular formula is C36H54N2O2S2. The summed E-state index contributed by atoms with van der Waals surface area (Å²) >= 11 is 0. The van der Waals surface area contributed by atoms with Crippen molar-refractivity contribution in [2.24, 2.45) is 0 Å². The van der Waals surface area contributed by atoms with Crippen molar-refractivity contribution in [1.82, 2.24) is 10.6 Å². The molecule has 0 spiro atoms. The predicted octanol–water partition coefficient (Wildman–Crippen LogP) is 9.32. The maximum Gasteiger partial charge on any atom is 0.220 e. The Balaban J connectivity index is 1.97. The summed E-state index contributed by atoms with van der Waals surface area (Å²) in [7, 11) is 3.50. The van der Waals surface area contributed by atoms with Crippen molar-refractivity contribution in [1.29, 1.82) is 0 Å². The van der Waals surface area contributed by atoms with Gasteiger partial charge in [-0.05, 0) is 77.2 Å². The standard InChI is InChI=1S/C36H54N2O2S2/c1-4-5-6-7-8-9-10-11-12-13-14-15-16-17-18-19-23-28-34(39)37-30-31-41-42-36(2,3)32-38-35(40)29-24-27-33-25-21-20-22-26-33/h5-6,8-9,11-12,14-15,17-18,20-22,25-26H,4,7,10,13,16,19,23-24,27-32H2,1-3H3,(H,37,39)(H,38,40)/b6-5-,9-8-,12-11-,15-14-,18-17-. The van der Waals surface area contributed by atoms with Crippen molar-refractivity contribution >= 4 is 33.4 Å². The van der Waals surface area contributed by atoms with Crippen LogP contribution in [0.25, 0.3) is 0 Å². The van der Waals surface area contributed by atoms with Gasteiger partial charge >= 0.3 is 0 Å². The average Bonchev–Trinajstić information content (AvgIpc) is 2.98. The number of aryl methyl sites for hydroxylation is 1. The van der Waals surface area contributed by atoms with Gasteiger partial charge in [-0.2, -0.15) is 0 Å². The third kappa shape index (κ3) is 24.2. The number of hydrogen-bond acceptors (Lipinski definition) is 4. The van der Waals surface area contributed by atoms with Crippen molar-refractivity contribution in [3.8, 4) is 0 Å². The first-order valence-electron chi connectivity index (χ1n) is 15.6. The molecule has 0 unspecified atom stereocenters. The fraction of sp³-hybridized carbons (Fsp3) is 0.500. The second kappa shape index (κ2) is 26.2. The number of amides is 2. The lowest BCUT2D eigenvalue weighted by atomic mass is 10.1. The van der Waals surface area contributed by atoms with Crippen LogP contribution >= 0.6 is 21.6 Å². The maximum atomic E-state index is 12.2. The van der Waals surface area contributed by atoms with Crippen LogP contribution in [0.3, 0.4) is 0 Å². The molecule has 0 heterocycles. The van der Waals surface area contributed by atoms with E-state index in [-0.39, 0.29) is 16.6 Å². The summed E-state index contributed by atoms with van der Waals surface area (Å²) in [6.45, 7) is 7.74. The van der Waals surface area contributed by atoms with Gasteiger partial charge in [0.1, 0.15) is 0 Å². The third-order valence-electron chi connectivity index (χ3n) is 6.15. The molecule has 1 aromatic carbocycles. The third-order valence-corrected chi connectivity index (χ3v) is 9.44. The molecule has 0 fully saturated rings. The normalized spacial score (nSPS) is 12.5. The number of carbonyl (C=O) groups is 2. The molecule has 0 aromatic heterocycles. The molecule has 2 N–H and O–H groups in total. The monoisotopic (exact) mass is 610 g/mol. The van der Waals surface area contributed by atoms with Crippen LogP contribution in [-0.2, 0) is 16.0 Å². The highest BCUT2D eigenvalue weighted by Gasteiger charge is 2.20. The van der Waals surface area contributed by atoms with Crippen LogP contribution in [0.2, 0.25) is 0 Å². The summed E-state index contributed by atoms with van der Waals surface area (Å²) in [6.07, 6.45) is 31.7. The zero-order valence-corrected chi connectivity index (χ0v) is 27.8. The Labute approximate surface area is 264 Å². The Morgan fingerprint density at radius 1 is 0.738 bits per heavy atom. The molecule has 2 amide bonds. The van der Waals surface area contributed by atoms with Gasteiger partial charge in [-0.1, -0.05) is 120 Å². The van der Waals surface area contributed by atoms with Crippen LogP contribution in [0.4, 0.5) is 0 Å². The van der Waals surface area contributed by atoms with E-state index in [2.05, 4.69) is 104 Å². The molecule has 42 heavy (non-hydrogen) atoms. The van der Waals surface area contributed by atoms with Crippen molar-refractivity contribution in [2.75, 3.05) is 18.8 Å².